The summed E-state index contributed by atoms with van der Waals surface area (Å²) >= 11 is 2.14. The van der Waals surface area contributed by atoms with Crippen molar-refractivity contribution >= 4 is 46.3 Å². The number of halogens is 1. The molecule has 0 aliphatic carbocycles. The third-order valence-corrected chi connectivity index (χ3v) is 6.00. The molecule has 0 spiro atoms. The van der Waals surface area contributed by atoms with Crippen LogP contribution in [0.5, 0.6) is 0 Å². The second kappa shape index (κ2) is 11.1. The number of carbonyl (C=O) groups is 4. The van der Waals surface area contributed by atoms with Gasteiger partial charge in [-0.15, -0.1) is 0 Å². The predicted octanol–water partition coefficient (Wildman–Crippen LogP) is 1.82. The highest BCUT2D eigenvalue weighted by Gasteiger charge is 2.34. The zero-order valence-corrected chi connectivity index (χ0v) is 19.4. The van der Waals surface area contributed by atoms with Gasteiger partial charge in [0.1, 0.15) is 12.1 Å². The van der Waals surface area contributed by atoms with Gasteiger partial charge in [-0.05, 0) is 65.3 Å². The summed E-state index contributed by atoms with van der Waals surface area (Å²) in [6.45, 7) is 0.0238. The molecule has 32 heavy (non-hydrogen) atoms. The number of carboxylic acids is 1. The van der Waals surface area contributed by atoms with E-state index in [1.54, 1.807) is 24.3 Å². The maximum atomic E-state index is 12.9. The molecule has 2 atom stereocenters. The Balaban J connectivity index is 1.67. The number of carboxylic acid groups (broad SMARTS) is 1. The number of aliphatic carboxylic acids is 1. The molecule has 2 aromatic rings. The highest BCUT2D eigenvalue weighted by Crippen LogP contribution is 2.17. The zero-order valence-electron chi connectivity index (χ0n) is 17.3. The molecular formula is C23H24IN3O5. The molecule has 3 N–H and O–H groups in total. The summed E-state index contributed by atoms with van der Waals surface area (Å²) in [6, 6.07) is 14.4. The lowest BCUT2D eigenvalue weighted by molar-refractivity contribution is -0.148. The Morgan fingerprint density at radius 1 is 1.06 bits per heavy atom. The van der Waals surface area contributed by atoms with E-state index in [9.17, 15) is 24.3 Å². The van der Waals surface area contributed by atoms with Crippen molar-refractivity contribution in [3.8, 4) is 0 Å². The number of benzene rings is 2. The van der Waals surface area contributed by atoms with Gasteiger partial charge in [-0.2, -0.15) is 0 Å². The number of carbonyl (C=O) groups excluding carboxylic acids is 3. The molecular weight excluding hydrogens is 525 g/mol. The molecule has 3 rings (SSSR count). The normalized spacial score (nSPS) is 16.3. The van der Waals surface area contributed by atoms with Crippen LogP contribution in [-0.4, -0.2) is 58.9 Å². The smallest absolute Gasteiger partial charge is 0.326 e. The quantitative estimate of drug-likeness (QED) is 0.435. The molecule has 0 saturated carbocycles. The summed E-state index contributed by atoms with van der Waals surface area (Å²) < 4.78 is 0.984. The van der Waals surface area contributed by atoms with Crippen LogP contribution in [0.3, 0.4) is 0 Å². The van der Waals surface area contributed by atoms with E-state index in [1.807, 2.05) is 30.3 Å². The Morgan fingerprint density at radius 3 is 2.41 bits per heavy atom. The van der Waals surface area contributed by atoms with Crippen molar-refractivity contribution in [2.75, 3.05) is 13.1 Å². The Morgan fingerprint density at radius 2 is 1.75 bits per heavy atom. The topological polar surface area (TPSA) is 116 Å². The van der Waals surface area contributed by atoms with E-state index in [2.05, 4.69) is 33.2 Å². The van der Waals surface area contributed by atoms with Crippen LogP contribution in [0.15, 0.2) is 54.6 Å². The van der Waals surface area contributed by atoms with Crippen LogP contribution in [-0.2, 0) is 20.8 Å². The maximum Gasteiger partial charge on any atom is 0.326 e. The average Bonchev–Trinajstić information content (AvgIpc) is 3.28. The molecule has 0 aromatic heterocycles. The third kappa shape index (κ3) is 6.28. The van der Waals surface area contributed by atoms with Gasteiger partial charge in [0.2, 0.25) is 11.8 Å². The third-order valence-electron chi connectivity index (χ3n) is 5.28. The van der Waals surface area contributed by atoms with Crippen molar-refractivity contribution in [1.29, 1.82) is 0 Å². The lowest BCUT2D eigenvalue weighted by atomic mass is 10.0. The van der Waals surface area contributed by atoms with Crippen LogP contribution in [0.4, 0.5) is 0 Å². The van der Waals surface area contributed by atoms with E-state index in [0.717, 1.165) is 9.13 Å². The fourth-order valence-corrected chi connectivity index (χ4v) is 3.97. The fraction of sp³-hybridized carbons (Fsp3) is 0.304. The van der Waals surface area contributed by atoms with Crippen LogP contribution in [0, 0.1) is 3.57 Å². The summed E-state index contributed by atoms with van der Waals surface area (Å²) in [7, 11) is 0. The van der Waals surface area contributed by atoms with Gasteiger partial charge in [0.05, 0.1) is 6.54 Å². The Kier molecular flexibility index (Phi) is 8.20. The van der Waals surface area contributed by atoms with Gasteiger partial charge < -0.3 is 20.6 Å². The van der Waals surface area contributed by atoms with Crippen molar-refractivity contribution in [2.45, 2.75) is 31.3 Å². The molecule has 1 fully saturated rings. The Hall–Kier alpha value is -2.95. The fourth-order valence-electron chi connectivity index (χ4n) is 3.61. The summed E-state index contributed by atoms with van der Waals surface area (Å²) in [5, 5.41) is 14.6. The van der Waals surface area contributed by atoms with Gasteiger partial charge in [0.15, 0.2) is 0 Å². The first-order chi connectivity index (χ1) is 15.3. The minimum absolute atomic E-state index is 0.248. The summed E-state index contributed by atoms with van der Waals surface area (Å²) in [5.74, 6) is -2.40. The molecule has 2 unspecified atom stereocenters. The highest BCUT2D eigenvalue weighted by atomic mass is 127. The van der Waals surface area contributed by atoms with Gasteiger partial charge in [-0.1, -0.05) is 30.3 Å². The Bertz CT molecular complexity index is 981. The van der Waals surface area contributed by atoms with Gasteiger partial charge in [0.25, 0.3) is 5.91 Å². The molecule has 168 valence electrons. The van der Waals surface area contributed by atoms with Crippen molar-refractivity contribution in [1.82, 2.24) is 15.5 Å². The first-order valence-electron chi connectivity index (χ1n) is 10.3. The van der Waals surface area contributed by atoms with E-state index in [1.165, 1.54) is 4.90 Å². The minimum atomic E-state index is -1.05. The number of likely N-dealkylation sites (tertiary alicyclic amines) is 1. The van der Waals surface area contributed by atoms with Crippen LogP contribution >= 0.6 is 22.6 Å². The van der Waals surface area contributed by atoms with Crippen molar-refractivity contribution < 1.29 is 24.3 Å². The van der Waals surface area contributed by atoms with E-state index in [0.29, 0.717) is 24.9 Å². The molecule has 2 aromatic carbocycles. The monoisotopic (exact) mass is 549 g/mol. The molecule has 0 bridgehead atoms. The van der Waals surface area contributed by atoms with Crippen molar-refractivity contribution in [3.63, 3.8) is 0 Å². The summed E-state index contributed by atoms with van der Waals surface area (Å²) in [4.78, 5) is 50.7. The van der Waals surface area contributed by atoms with Crippen molar-refractivity contribution in [2.24, 2.45) is 0 Å². The standard InChI is InChI=1S/C23H24IN3O5/c24-17-10-8-16(9-11-17)21(29)26-18(13-15-5-2-1-3-6-15)22(30)25-14-20(28)27-12-4-7-19(27)23(31)32/h1-3,5-6,8-11,18-19H,4,7,12-14H2,(H,25,30)(H,26,29)(H,31,32). The lowest BCUT2D eigenvalue weighted by Gasteiger charge is -2.23. The predicted molar refractivity (Wildman–Crippen MR) is 126 cm³/mol. The molecule has 0 radical (unpaired) electrons. The SMILES string of the molecule is O=C(NC(Cc1ccccc1)C(=O)NCC(=O)N1CCCC1C(=O)O)c1ccc(I)cc1. The van der Waals surface area contributed by atoms with Crippen LogP contribution in [0.2, 0.25) is 0 Å². The van der Waals surface area contributed by atoms with Gasteiger partial charge in [0, 0.05) is 22.1 Å². The van der Waals surface area contributed by atoms with E-state index in [4.69, 9.17) is 0 Å². The minimum Gasteiger partial charge on any atom is -0.480 e. The van der Waals surface area contributed by atoms with Crippen molar-refractivity contribution in [3.05, 3.63) is 69.3 Å². The largest absolute Gasteiger partial charge is 0.480 e. The first-order valence-corrected chi connectivity index (χ1v) is 11.3. The van der Waals surface area contributed by atoms with Crippen LogP contribution in [0.1, 0.15) is 28.8 Å². The van der Waals surface area contributed by atoms with Crippen LogP contribution in [0.25, 0.3) is 0 Å². The lowest BCUT2D eigenvalue weighted by Crippen LogP contribution is -2.51. The number of rotatable bonds is 8. The van der Waals surface area contributed by atoms with Gasteiger partial charge >= 0.3 is 5.97 Å². The number of nitrogens with one attached hydrogen (secondary N) is 2. The molecule has 1 heterocycles. The molecule has 1 saturated heterocycles. The number of nitrogens with zero attached hydrogens (tertiary/aromatic N) is 1. The summed E-state index contributed by atoms with van der Waals surface area (Å²) in [6.07, 6.45) is 1.26. The van der Waals surface area contributed by atoms with E-state index in [-0.39, 0.29) is 13.0 Å². The molecule has 1 aliphatic rings. The average molecular weight is 549 g/mol. The zero-order chi connectivity index (χ0) is 23.1. The number of hydrogen-bond acceptors (Lipinski definition) is 4. The second-order valence-electron chi connectivity index (χ2n) is 7.52. The van der Waals surface area contributed by atoms with Crippen LogP contribution < -0.4 is 10.6 Å². The molecule has 8 nitrogen and oxygen atoms in total. The van der Waals surface area contributed by atoms with Gasteiger partial charge in [-0.3, -0.25) is 14.4 Å². The molecule has 1 aliphatic heterocycles. The Labute approximate surface area is 199 Å². The number of amides is 3. The van der Waals surface area contributed by atoms with E-state index >= 15 is 0 Å². The molecule has 9 heteroatoms. The summed E-state index contributed by atoms with van der Waals surface area (Å²) in [5.41, 5.74) is 1.28. The number of hydrogen-bond donors (Lipinski definition) is 3. The van der Waals surface area contributed by atoms with E-state index < -0.39 is 35.8 Å². The second-order valence-corrected chi connectivity index (χ2v) is 8.77. The molecule has 3 amide bonds. The highest BCUT2D eigenvalue weighted by molar-refractivity contribution is 14.1. The maximum absolute atomic E-state index is 12.9. The van der Waals surface area contributed by atoms with Gasteiger partial charge in [-0.25, -0.2) is 4.79 Å². The first kappa shape index (κ1) is 23.7.